The SMILES string of the molecule is Cc1cc(N2CCCO[C@@H](Cn3cccn3)C2)n2nc(C)c(C)c2n1. The summed E-state index contributed by atoms with van der Waals surface area (Å²) in [6.07, 6.45) is 4.88. The van der Waals surface area contributed by atoms with Gasteiger partial charge in [-0.15, -0.1) is 0 Å². The minimum Gasteiger partial charge on any atom is -0.374 e. The molecule has 0 aliphatic carbocycles. The minimum absolute atomic E-state index is 0.101. The third-order valence-electron chi connectivity index (χ3n) is 4.79. The topological polar surface area (TPSA) is 60.5 Å². The fourth-order valence-corrected chi connectivity index (χ4v) is 3.39. The van der Waals surface area contributed by atoms with Crippen LogP contribution in [0.15, 0.2) is 24.5 Å². The number of anilines is 1. The Labute approximate surface area is 147 Å². The summed E-state index contributed by atoms with van der Waals surface area (Å²) in [7, 11) is 0. The number of aryl methyl sites for hydroxylation is 3. The van der Waals surface area contributed by atoms with Crippen molar-refractivity contribution in [2.45, 2.75) is 39.8 Å². The Morgan fingerprint density at radius 2 is 2.16 bits per heavy atom. The highest BCUT2D eigenvalue weighted by molar-refractivity contribution is 5.57. The van der Waals surface area contributed by atoms with Gasteiger partial charge in [0.15, 0.2) is 5.65 Å². The Hall–Kier alpha value is -2.41. The first-order valence-corrected chi connectivity index (χ1v) is 8.79. The fourth-order valence-electron chi connectivity index (χ4n) is 3.39. The number of fused-ring (bicyclic) bond motifs is 1. The van der Waals surface area contributed by atoms with Gasteiger partial charge in [-0.05, 0) is 33.3 Å². The van der Waals surface area contributed by atoms with Gasteiger partial charge in [-0.2, -0.15) is 14.7 Å². The van der Waals surface area contributed by atoms with Crippen LogP contribution in [0.3, 0.4) is 0 Å². The van der Waals surface area contributed by atoms with Crippen molar-refractivity contribution in [3.63, 3.8) is 0 Å². The molecule has 132 valence electrons. The lowest BCUT2D eigenvalue weighted by Crippen LogP contribution is -2.35. The predicted octanol–water partition coefficient (Wildman–Crippen LogP) is 2.15. The van der Waals surface area contributed by atoms with E-state index >= 15 is 0 Å². The Morgan fingerprint density at radius 3 is 2.96 bits per heavy atom. The number of rotatable bonds is 3. The van der Waals surface area contributed by atoms with Crippen molar-refractivity contribution in [1.29, 1.82) is 0 Å². The molecule has 3 aromatic heterocycles. The van der Waals surface area contributed by atoms with E-state index in [1.165, 1.54) is 0 Å². The molecule has 7 nitrogen and oxygen atoms in total. The van der Waals surface area contributed by atoms with Gasteiger partial charge in [0.05, 0.1) is 18.3 Å². The molecule has 1 aliphatic heterocycles. The van der Waals surface area contributed by atoms with Crippen LogP contribution in [0.25, 0.3) is 5.65 Å². The normalized spacial score (nSPS) is 18.7. The minimum atomic E-state index is 0.101. The van der Waals surface area contributed by atoms with Crippen molar-refractivity contribution in [3.05, 3.63) is 41.5 Å². The van der Waals surface area contributed by atoms with Gasteiger partial charge in [0.25, 0.3) is 0 Å². The van der Waals surface area contributed by atoms with Gasteiger partial charge in [-0.3, -0.25) is 4.68 Å². The van der Waals surface area contributed by atoms with Crippen molar-refractivity contribution >= 4 is 11.5 Å². The summed E-state index contributed by atoms with van der Waals surface area (Å²) in [5.74, 6) is 1.09. The molecule has 0 amide bonds. The molecular formula is C18H24N6O. The molecule has 4 rings (SSSR count). The van der Waals surface area contributed by atoms with Crippen LogP contribution in [-0.2, 0) is 11.3 Å². The number of ether oxygens (including phenoxy) is 1. The van der Waals surface area contributed by atoms with E-state index in [1.807, 2.05) is 35.3 Å². The highest BCUT2D eigenvalue weighted by atomic mass is 16.5. The number of hydrogen-bond acceptors (Lipinski definition) is 5. The van der Waals surface area contributed by atoms with Crippen LogP contribution in [-0.4, -0.2) is 50.2 Å². The maximum atomic E-state index is 6.05. The van der Waals surface area contributed by atoms with E-state index in [-0.39, 0.29) is 6.10 Å². The standard InChI is InChI=1S/C18H24N6O/c1-13-10-17(24-18(20-13)14(2)15(3)21-24)22-7-5-9-25-16(11-22)12-23-8-4-6-19-23/h4,6,8,10,16H,5,7,9,11-12H2,1-3H3/t16-/m1/s1. The summed E-state index contributed by atoms with van der Waals surface area (Å²) in [4.78, 5) is 7.05. The van der Waals surface area contributed by atoms with Gasteiger partial charge >= 0.3 is 0 Å². The Morgan fingerprint density at radius 1 is 1.28 bits per heavy atom. The number of hydrogen-bond donors (Lipinski definition) is 0. The van der Waals surface area contributed by atoms with E-state index in [0.29, 0.717) is 0 Å². The zero-order chi connectivity index (χ0) is 17.4. The molecule has 0 N–H and O–H groups in total. The zero-order valence-electron chi connectivity index (χ0n) is 15.0. The van der Waals surface area contributed by atoms with E-state index in [4.69, 9.17) is 9.84 Å². The van der Waals surface area contributed by atoms with Crippen LogP contribution in [0.2, 0.25) is 0 Å². The molecule has 0 unspecified atom stereocenters. The lowest BCUT2D eigenvalue weighted by molar-refractivity contribution is 0.0543. The van der Waals surface area contributed by atoms with E-state index < -0.39 is 0 Å². The van der Waals surface area contributed by atoms with E-state index in [2.05, 4.69) is 28.0 Å². The zero-order valence-corrected chi connectivity index (χ0v) is 15.0. The summed E-state index contributed by atoms with van der Waals surface area (Å²) < 4.78 is 9.97. The molecule has 25 heavy (non-hydrogen) atoms. The van der Waals surface area contributed by atoms with Crippen LogP contribution in [0, 0.1) is 20.8 Å². The quantitative estimate of drug-likeness (QED) is 0.731. The van der Waals surface area contributed by atoms with Gasteiger partial charge < -0.3 is 9.64 Å². The molecule has 1 fully saturated rings. The Bertz CT molecular complexity index is 869. The van der Waals surface area contributed by atoms with Crippen LogP contribution < -0.4 is 4.90 Å². The molecule has 0 radical (unpaired) electrons. The van der Waals surface area contributed by atoms with Crippen molar-refractivity contribution in [3.8, 4) is 0 Å². The fraction of sp³-hybridized carbons (Fsp3) is 0.500. The van der Waals surface area contributed by atoms with Gasteiger partial charge in [0.1, 0.15) is 5.82 Å². The molecule has 1 saturated heterocycles. The summed E-state index contributed by atoms with van der Waals surface area (Å²) in [5.41, 5.74) is 4.13. The second-order valence-corrected chi connectivity index (χ2v) is 6.72. The largest absolute Gasteiger partial charge is 0.374 e. The maximum Gasteiger partial charge on any atom is 0.160 e. The van der Waals surface area contributed by atoms with Gasteiger partial charge in [0, 0.05) is 49.4 Å². The summed E-state index contributed by atoms with van der Waals surface area (Å²) >= 11 is 0. The van der Waals surface area contributed by atoms with Gasteiger partial charge in [0.2, 0.25) is 0 Å². The average molecular weight is 340 g/mol. The van der Waals surface area contributed by atoms with E-state index in [9.17, 15) is 0 Å². The third-order valence-corrected chi connectivity index (χ3v) is 4.79. The number of nitrogens with zero attached hydrogens (tertiary/aromatic N) is 6. The van der Waals surface area contributed by atoms with E-state index in [0.717, 1.165) is 61.1 Å². The van der Waals surface area contributed by atoms with Crippen LogP contribution >= 0.6 is 0 Å². The highest BCUT2D eigenvalue weighted by Gasteiger charge is 2.23. The molecule has 0 spiro atoms. The van der Waals surface area contributed by atoms with Crippen LogP contribution in [0.5, 0.6) is 0 Å². The van der Waals surface area contributed by atoms with Crippen molar-refractivity contribution in [1.82, 2.24) is 24.4 Å². The molecule has 1 aliphatic rings. The van der Waals surface area contributed by atoms with Gasteiger partial charge in [-0.1, -0.05) is 0 Å². The number of aromatic nitrogens is 5. The van der Waals surface area contributed by atoms with Crippen molar-refractivity contribution < 1.29 is 4.74 Å². The molecule has 0 saturated carbocycles. The average Bonchev–Trinajstić information content (AvgIpc) is 3.11. The molecule has 0 aromatic carbocycles. The second kappa shape index (κ2) is 6.48. The maximum absolute atomic E-state index is 6.05. The molecule has 1 atom stereocenters. The second-order valence-electron chi connectivity index (χ2n) is 6.72. The smallest absolute Gasteiger partial charge is 0.160 e. The Kier molecular flexibility index (Phi) is 4.17. The molecule has 4 heterocycles. The molecule has 0 bridgehead atoms. The van der Waals surface area contributed by atoms with Crippen LogP contribution in [0.4, 0.5) is 5.82 Å². The first-order chi connectivity index (χ1) is 12.1. The lowest BCUT2D eigenvalue weighted by atomic mass is 10.2. The summed E-state index contributed by atoms with van der Waals surface area (Å²) in [6, 6.07) is 4.06. The molecular weight excluding hydrogens is 316 g/mol. The predicted molar refractivity (Wildman–Crippen MR) is 96.0 cm³/mol. The third kappa shape index (κ3) is 3.11. The monoisotopic (exact) mass is 340 g/mol. The van der Waals surface area contributed by atoms with Gasteiger partial charge in [-0.25, -0.2) is 4.98 Å². The Balaban J connectivity index is 1.67. The molecule has 7 heteroatoms. The van der Waals surface area contributed by atoms with Crippen LogP contribution in [0.1, 0.15) is 23.4 Å². The first-order valence-electron chi connectivity index (χ1n) is 8.79. The lowest BCUT2D eigenvalue weighted by Gasteiger charge is -2.26. The highest BCUT2D eigenvalue weighted by Crippen LogP contribution is 2.23. The van der Waals surface area contributed by atoms with E-state index in [1.54, 1.807) is 6.20 Å². The first kappa shape index (κ1) is 16.1. The molecule has 3 aromatic rings. The summed E-state index contributed by atoms with van der Waals surface area (Å²) in [5, 5.41) is 9.02. The van der Waals surface area contributed by atoms with Crippen molar-refractivity contribution in [2.24, 2.45) is 0 Å². The van der Waals surface area contributed by atoms with Crippen molar-refractivity contribution in [2.75, 3.05) is 24.6 Å². The summed E-state index contributed by atoms with van der Waals surface area (Å²) in [6.45, 7) is 9.46.